The van der Waals surface area contributed by atoms with Crippen molar-refractivity contribution in [1.29, 1.82) is 0 Å². The van der Waals surface area contributed by atoms with Crippen LogP contribution in [0.25, 0.3) is 0 Å². The summed E-state index contributed by atoms with van der Waals surface area (Å²) in [7, 11) is 6.13. The predicted molar refractivity (Wildman–Crippen MR) is 116 cm³/mol. The van der Waals surface area contributed by atoms with Crippen LogP contribution in [-0.4, -0.2) is 52.7 Å². The zero-order chi connectivity index (χ0) is 22.5. The highest BCUT2D eigenvalue weighted by atomic mass is 16.5. The number of aliphatic hydroxyl groups is 1. The predicted octanol–water partition coefficient (Wildman–Crippen LogP) is 3.13. The minimum atomic E-state index is -0.388. The third-order valence-electron chi connectivity index (χ3n) is 5.07. The first-order chi connectivity index (χ1) is 15.0. The average molecular weight is 429 g/mol. The zero-order valence-electron chi connectivity index (χ0n) is 18.1. The van der Waals surface area contributed by atoms with Crippen molar-refractivity contribution in [2.45, 2.75) is 12.5 Å². The monoisotopic (exact) mass is 429 g/mol. The van der Waals surface area contributed by atoms with E-state index >= 15 is 0 Å². The number of carbonyl (C=O) groups excluding carboxylic acids is 1. The summed E-state index contributed by atoms with van der Waals surface area (Å²) >= 11 is 0. The fraction of sp³-hybridized carbons (Fsp3) is 0.348. The molecule has 1 amide bonds. The Balaban J connectivity index is 2.00. The van der Waals surface area contributed by atoms with Gasteiger partial charge in [-0.1, -0.05) is 12.6 Å². The van der Waals surface area contributed by atoms with Crippen molar-refractivity contribution < 1.29 is 33.6 Å². The largest absolute Gasteiger partial charge is 0.493 e. The van der Waals surface area contributed by atoms with Gasteiger partial charge in [0.25, 0.3) is 5.91 Å². The van der Waals surface area contributed by atoms with Crippen LogP contribution in [0.2, 0.25) is 0 Å². The Morgan fingerprint density at radius 3 is 2.13 bits per heavy atom. The van der Waals surface area contributed by atoms with Crippen LogP contribution >= 0.6 is 0 Å². The lowest BCUT2D eigenvalue weighted by atomic mass is 9.88. The molecule has 1 aliphatic heterocycles. The Hall–Kier alpha value is -3.39. The number of aliphatic hydroxyl groups excluding tert-OH is 1. The standard InChI is InChI=1S/C23H27NO7/c1-14-21(15-7-8-17(27-2)18(11-15)31-10-6-9-25)24(23(14)26)16-12-19(28-3)22(30-5)20(13-16)29-4/h7-8,11-13,21,25H,1,6,9-10H2,2-5H3/t21-/m1/s1. The van der Waals surface area contributed by atoms with Gasteiger partial charge in [-0.25, -0.2) is 0 Å². The summed E-state index contributed by atoms with van der Waals surface area (Å²) in [4.78, 5) is 14.4. The maximum atomic E-state index is 12.7. The molecule has 1 heterocycles. The molecule has 1 N–H and O–H groups in total. The van der Waals surface area contributed by atoms with Gasteiger partial charge in [-0.3, -0.25) is 9.69 Å². The number of hydrogen-bond acceptors (Lipinski definition) is 7. The Morgan fingerprint density at radius 1 is 0.935 bits per heavy atom. The molecule has 0 aliphatic carbocycles. The van der Waals surface area contributed by atoms with Crippen molar-refractivity contribution in [3.05, 3.63) is 48.0 Å². The molecule has 8 nitrogen and oxygen atoms in total. The van der Waals surface area contributed by atoms with Crippen molar-refractivity contribution in [1.82, 2.24) is 0 Å². The Kier molecular flexibility index (Phi) is 6.91. The highest BCUT2D eigenvalue weighted by Gasteiger charge is 2.43. The average Bonchev–Trinajstić information content (AvgIpc) is 2.80. The second-order valence-corrected chi connectivity index (χ2v) is 6.82. The van der Waals surface area contributed by atoms with E-state index in [2.05, 4.69) is 6.58 Å². The van der Waals surface area contributed by atoms with Crippen LogP contribution in [0.4, 0.5) is 5.69 Å². The number of nitrogens with zero attached hydrogens (tertiary/aromatic N) is 1. The molecule has 2 aromatic rings. The smallest absolute Gasteiger partial charge is 0.256 e. The van der Waals surface area contributed by atoms with Gasteiger partial charge in [0, 0.05) is 30.7 Å². The second kappa shape index (κ2) is 9.61. The summed E-state index contributed by atoms with van der Waals surface area (Å²) in [5.41, 5.74) is 1.87. The zero-order valence-corrected chi connectivity index (χ0v) is 18.1. The van der Waals surface area contributed by atoms with E-state index in [1.165, 1.54) is 21.3 Å². The van der Waals surface area contributed by atoms with Crippen LogP contribution in [0.1, 0.15) is 18.0 Å². The summed E-state index contributed by atoms with van der Waals surface area (Å²) in [6.45, 7) is 4.34. The summed E-state index contributed by atoms with van der Waals surface area (Å²) in [6, 6.07) is 8.53. The van der Waals surface area contributed by atoms with Gasteiger partial charge in [-0.05, 0) is 17.7 Å². The fourth-order valence-electron chi connectivity index (χ4n) is 3.52. The summed E-state index contributed by atoms with van der Waals surface area (Å²) in [6.07, 6.45) is 0.500. The highest BCUT2D eigenvalue weighted by Crippen LogP contribution is 2.48. The third-order valence-corrected chi connectivity index (χ3v) is 5.07. The van der Waals surface area contributed by atoms with E-state index in [4.69, 9.17) is 28.8 Å². The maximum absolute atomic E-state index is 12.7. The molecular weight excluding hydrogens is 402 g/mol. The molecule has 31 heavy (non-hydrogen) atoms. The molecule has 2 aromatic carbocycles. The van der Waals surface area contributed by atoms with Gasteiger partial charge >= 0.3 is 0 Å². The maximum Gasteiger partial charge on any atom is 0.256 e. The quantitative estimate of drug-likeness (QED) is 0.353. The first kappa shape index (κ1) is 22.3. The molecule has 0 spiro atoms. The van der Waals surface area contributed by atoms with Crippen LogP contribution in [-0.2, 0) is 4.79 Å². The minimum absolute atomic E-state index is 0.0326. The van der Waals surface area contributed by atoms with Gasteiger partial charge < -0.3 is 28.8 Å². The molecule has 166 valence electrons. The molecule has 0 unspecified atom stereocenters. The SMILES string of the molecule is C=C1C(=O)N(c2cc(OC)c(OC)c(OC)c2)[C@H]1c1ccc(OC)c(OCCCO)c1. The number of anilines is 1. The molecule has 0 saturated carbocycles. The molecule has 8 heteroatoms. The second-order valence-electron chi connectivity index (χ2n) is 6.82. The first-order valence-corrected chi connectivity index (χ1v) is 9.74. The lowest BCUT2D eigenvalue weighted by Crippen LogP contribution is -2.48. The number of methoxy groups -OCH3 is 4. The van der Waals surface area contributed by atoms with Crippen molar-refractivity contribution >= 4 is 11.6 Å². The number of β-lactam (4-membered cyclic amide) rings is 1. The number of benzene rings is 2. The van der Waals surface area contributed by atoms with Crippen molar-refractivity contribution in [2.75, 3.05) is 46.6 Å². The van der Waals surface area contributed by atoms with E-state index in [0.29, 0.717) is 53.0 Å². The van der Waals surface area contributed by atoms with E-state index in [-0.39, 0.29) is 18.6 Å². The third kappa shape index (κ3) is 4.11. The first-order valence-electron chi connectivity index (χ1n) is 9.74. The van der Waals surface area contributed by atoms with Crippen molar-refractivity contribution in [3.63, 3.8) is 0 Å². The van der Waals surface area contributed by atoms with Gasteiger partial charge in [-0.15, -0.1) is 0 Å². The van der Waals surface area contributed by atoms with Crippen LogP contribution in [0.3, 0.4) is 0 Å². The van der Waals surface area contributed by atoms with Gasteiger partial charge in [0.2, 0.25) is 5.75 Å². The highest BCUT2D eigenvalue weighted by molar-refractivity contribution is 6.15. The lowest BCUT2D eigenvalue weighted by Gasteiger charge is -2.42. The Morgan fingerprint density at radius 2 is 1.58 bits per heavy atom. The van der Waals surface area contributed by atoms with E-state index in [1.807, 2.05) is 12.1 Å². The van der Waals surface area contributed by atoms with Gasteiger partial charge in [0.15, 0.2) is 23.0 Å². The van der Waals surface area contributed by atoms with Crippen LogP contribution in [0, 0.1) is 0 Å². The number of ether oxygens (including phenoxy) is 5. The number of carbonyl (C=O) groups is 1. The number of hydrogen-bond donors (Lipinski definition) is 1. The summed E-state index contributed by atoms with van der Waals surface area (Å²) < 4.78 is 27.3. The normalized spacial score (nSPS) is 15.4. The number of amides is 1. The minimum Gasteiger partial charge on any atom is -0.493 e. The molecule has 1 atom stereocenters. The van der Waals surface area contributed by atoms with Gasteiger partial charge in [-0.2, -0.15) is 0 Å². The Labute approximate surface area is 181 Å². The van der Waals surface area contributed by atoms with Crippen molar-refractivity contribution in [3.8, 4) is 28.7 Å². The van der Waals surface area contributed by atoms with E-state index in [0.717, 1.165) is 5.56 Å². The van der Waals surface area contributed by atoms with Crippen LogP contribution in [0.15, 0.2) is 42.5 Å². The van der Waals surface area contributed by atoms with E-state index in [9.17, 15) is 4.79 Å². The van der Waals surface area contributed by atoms with Crippen molar-refractivity contribution in [2.24, 2.45) is 0 Å². The molecule has 1 aliphatic rings. The molecule has 0 aromatic heterocycles. The summed E-state index contributed by atoms with van der Waals surface area (Å²) in [5, 5.41) is 9.01. The summed E-state index contributed by atoms with van der Waals surface area (Å²) in [5.74, 6) is 2.24. The fourth-order valence-corrected chi connectivity index (χ4v) is 3.52. The van der Waals surface area contributed by atoms with E-state index < -0.39 is 0 Å². The topological polar surface area (TPSA) is 86.7 Å². The van der Waals surface area contributed by atoms with Crippen LogP contribution in [0.5, 0.6) is 28.7 Å². The molecule has 1 saturated heterocycles. The Bertz CT molecular complexity index is 947. The molecule has 0 bridgehead atoms. The van der Waals surface area contributed by atoms with E-state index in [1.54, 1.807) is 30.2 Å². The molecular formula is C23H27NO7. The molecule has 0 radical (unpaired) electrons. The molecule has 3 rings (SSSR count). The lowest BCUT2D eigenvalue weighted by molar-refractivity contribution is -0.119. The van der Waals surface area contributed by atoms with Gasteiger partial charge in [0.05, 0.1) is 46.8 Å². The van der Waals surface area contributed by atoms with Gasteiger partial charge in [0.1, 0.15) is 0 Å². The number of rotatable bonds is 10. The molecule has 1 fully saturated rings. The van der Waals surface area contributed by atoms with Crippen LogP contribution < -0.4 is 28.6 Å².